The molecule has 4 rings (SSSR count). The standard InChI is InChI=1S/C21H15F2N3O2/c1-27-20-17-11-13(7-8-18(17)25-12-26-20)16-6-3-9-24-19(16)14-4-2-5-15(10-14)28-21(22)23/h2-12,21H,1H3. The summed E-state index contributed by atoms with van der Waals surface area (Å²) < 4.78 is 35.0. The number of rotatable bonds is 5. The van der Waals surface area contributed by atoms with Gasteiger partial charge in [-0.05, 0) is 35.9 Å². The van der Waals surface area contributed by atoms with Crippen LogP contribution in [0.15, 0.2) is 67.1 Å². The van der Waals surface area contributed by atoms with Gasteiger partial charge in [0.05, 0.1) is 23.7 Å². The van der Waals surface area contributed by atoms with Gasteiger partial charge in [-0.25, -0.2) is 9.97 Å². The maximum absolute atomic E-state index is 12.6. The van der Waals surface area contributed by atoms with Crippen LogP contribution in [0.3, 0.4) is 0 Å². The number of aromatic nitrogens is 3. The number of pyridine rings is 1. The summed E-state index contributed by atoms with van der Waals surface area (Å²) in [6, 6.07) is 15.9. The Balaban J connectivity index is 1.84. The summed E-state index contributed by atoms with van der Waals surface area (Å²) >= 11 is 0. The van der Waals surface area contributed by atoms with E-state index in [9.17, 15) is 8.78 Å². The molecule has 5 nitrogen and oxygen atoms in total. The zero-order valence-electron chi connectivity index (χ0n) is 14.8. The lowest BCUT2D eigenvalue weighted by atomic mass is 9.98. The number of methoxy groups -OCH3 is 1. The Morgan fingerprint density at radius 3 is 2.61 bits per heavy atom. The third-order valence-electron chi connectivity index (χ3n) is 4.24. The van der Waals surface area contributed by atoms with Gasteiger partial charge in [0.2, 0.25) is 5.88 Å². The minimum absolute atomic E-state index is 0.0812. The van der Waals surface area contributed by atoms with Crippen molar-refractivity contribution < 1.29 is 18.3 Å². The molecular formula is C21H15F2N3O2. The van der Waals surface area contributed by atoms with Gasteiger partial charge in [0.25, 0.3) is 0 Å². The molecule has 0 radical (unpaired) electrons. The van der Waals surface area contributed by atoms with Crippen LogP contribution in [0.1, 0.15) is 0 Å². The molecule has 0 fully saturated rings. The molecule has 0 saturated heterocycles. The summed E-state index contributed by atoms with van der Waals surface area (Å²) in [5.41, 5.74) is 3.80. The lowest BCUT2D eigenvalue weighted by Gasteiger charge is -2.12. The molecule has 7 heteroatoms. The van der Waals surface area contributed by atoms with Crippen molar-refractivity contribution in [2.24, 2.45) is 0 Å². The van der Waals surface area contributed by atoms with Gasteiger partial charge in [-0.2, -0.15) is 8.78 Å². The average Bonchev–Trinajstić information content (AvgIpc) is 2.72. The predicted octanol–water partition coefficient (Wildman–Crippen LogP) is 4.97. The first-order valence-corrected chi connectivity index (χ1v) is 8.45. The van der Waals surface area contributed by atoms with Crippen molar-refractivity contribution >= 4 is 10.9 Å². The highest BCUT2D eigenvalue weighted by molar-refractivity contribution is 5.91. The first kappa shape index (κ1) is 17.8. The van der Waals surface area contributed by atoms with Crippen molar-refractivity contribution in [3.63, 3.8) is 0 Å². The van der Waals surface area contributed by atoms with Gasteiger partial charge in [0.1, 0.15) is 12.1 Å². The third-order valence-corrected chi connectivity index (χ3v) is 4.24. The maximum atomic E-state index is 12.6. The number of alkyl halides is 2. The monoisotopic (exact) mass is 379 g/mol. The smallest absolute Gasteiger partial charge is 0.387 e. The minimum Gasteiger partial charge on any atom is -0.480 e. The fourth-order valence-electron chi connectivity index (χ4n) is 3.05. The van der Waals surface area contributed by atoms with Crippen molar-refractivity contribution in [1.82, 2.24) is 15.0 Å². The van der Waals surface area contributed by atoms with E-state index in [2.05, 4.69) is 19.7 Å². The molecule has 28 heavy (non-hydrogen) atoms. The fourth-order valence-corrected chi connectivity index (χ4v) is 3.05. The predicted molar refractivity (Wildman–Crippen MR) is 101 cm³/mol. The van der Waals surface area contributed by atoms with Gasteiger partial charge >= 0.3 is 6.61 Å². The summed E-state index contributed by atoms with van der Waals surface area (Å²) in [7, 11) is 1.55. The van der Waals surface area contributed by atoms with Crippen LogP contribution in [0.2, 0.25) is 0 Å². The largest absolute Gasteiger partial charge is 0.480 e. The molecule has 0 aliphatic heterocycles. The molecule has 2 heterocycles. The number of ether oxygens (including phenoxy) is 2. The molecule has 0 spiro atoms. The SMILES string of the molecule is COc1ncnc2ccc(-c3cccnc3-c3cccc(OC(F)F)c3)cc12. The molecule has 0 aliphatic rings. The van der Waals surface area contributed by atoms with E-state index in [1.807, 2.05) is 30.3 Å². The maximum Gasteiger partial charge on any atom is 0.387 e. The molecule has 0 saturated carbocycles. The number of fused-ring (bicyclic) bond motifs is 1. The Bertz CT molecular complexity index is 1140. The zero-order chi connectivity index (χ0) is 19.5. The van der Waals surface area contributed by atoms with Gasteiger partial charge in [-0.15, -0.1) is 0 Å². The molecule has 140 valence electrons. The highest BCUT2D eigenvalue weighted by atomic mass is 19.3. The van der Waals surface area contributed by atoms with Gasteiger partial charge < -0.3 is 9.47 Å². The summed E-state index contributed by atoms with van der Waals surface area (Å²) in [6.07, 6.45) is 3.11. The Morgan fingerprint density at radius 2 is 1.79 bits per heavy atom. The topological polar surface area (TPSA) is 57.1 Å². The van der Waals surface area contributed by atoms with Gasteiger partial charge in [-0.3, -0.25) is 4.98 Å². The molecule has 0 aliphatic carbocycles. The number of benzene rings is 2. The number of nitrogens with zero attached hydrogens (tertiary/aromatic N) is 3. The van der Waals surface area contributed by atoms with Crippen LogP contribution in [-0.2, 0) is 0 Å². The average molecular weight is 379 g/mol. The summed E-state index contributed by atoms with van der Waals surface area (Å²) in [5.74, 6) is 0.558. The summed E-state index contributed by atoms with van der Waals surface area (Å²) in [6.45, 7) is -2.88. The van der Waals surface area contributed by atoms with E-state index in [4.69, 9.17) is 4.74 Å². The molecule has 4 aromatic rings. The van der Waals surface area contributed by atoms with Crippen LogP contribution in [0.5, 0.6) is 11.6 Å². The van der Waals surface area contributed by atoms with E-state index in [1.165, 1.54) is 12.4 Å². The van der Waals surface area contributed by atoms with Crippen molar-refractivity contribution in [3.8, 4) is 34.0 Å². The second kappa shape index (κ2) is 7.56. The van der Waals surface area contributed by atoms with Gasteiger partial charge in [0, 0.05) is 17.3 Å². The van der Waals surface area contributed by atoms with Crippen LogP contribution in [0, 0.1) is 0 Å². The Kier molecular flexibility index (Phi) is 4.80. The molecule has 0 N–H and O–H groups in total. The molecule has 0 amide bonds. The van der Waals surface area contributed by atoms with Crippen LogP contribution in [-0.4, -0.2) is 28.7 Å². The Labute approximate surface area is 159 Å². The molecule has 2 aromatic heterocycles. The highest BCUT2D eigenvalue weighted by Gasteiger charge is 2.13. The normalized spacial score (nSPS) is 11.0. The lowest BCUT2D eigenvalue weighted by molar-refractivity contribution is -0.0498. The Hall–Kier alpha value is -3.61. The third kappa shape index (κ3) is 3.46. The first-order chi connectivity index (χ1) is 13.7. The van der Waals surface area contributed by atoms with Crippen molar-refractivity contribution in [3.05, 3.63) is 67.1 Å². The summed E-state index contributed by atoms with van der Waals surface area (Å²) in [5, 5.41) is 0.770. The minimum atomic E-state index is -2.88. The number of halogens is 2. The van der Waals surface area contributed by atoms with E-state index >= 15 is 0 Å². The molecular weight excluding hydrogens is 364 g/mol. The molecule has 0 unspecified atom stereocenters. The van der Waals surface area contributed by atoms with Gasteiger partial charge in [-0.1, -0.05) is 24.3 Å². The number of hydrogen-bond donors (Lipinski definition) is 0. The van der Waals surface area contributed by atoms with Crippen LogP contribution >= 0.6 is 0 Å². The van der Waals surface area contributed by atoms with E-state index < -0.39 is 6.61 Å². The van der Waals surface area contributed by atoms with Crippen LogP contribution in [0.4, 0.5) is 8.78 Å². The quantitative estimate of drug-likeness (QED) is 0.490. The van der Waals surface area contributed by atoms with Crippen LogP contribution in [0.25, 0.3) is 33.3 Å². The molecule has 0 atom stereocenters. The molecule has 0 bridgehead atoms. The Morgan fingerprint density at radius 1 is 0.893 bits per heavy atom. The second-order valence-electron chi connectivity index (χ2n) is 5.92. The molecule has 2 aromatic carbocycles. The van der Waals surface area contributed by atoms with E-state index in [1.54, 1.807) is 31.5 Å². The van der Waals surface area contributed by atoms with Gasteiger partial charge in [0.15, 0.2) is 0 Å². The highest BCUT2D eigenvalue weighted by Crippen LogP contribution is 2.34. The van der Waals surface area contributed by atoms with E-state index in [-0.39, 0.29) is 5.75 Å². The zero-order valence-corrected chi connectivity index (χ0v) is 14.8. The summed E-state index contributed by atoms with van der Waals surface area (Å²) in [4.78, 5) is 12.9. The van der Waals surface area contributed by atoms with E-state index in [0.717, 1.165) is 22.0 Å². The van der Waals surface area contributed by atoms with Crippen LogP contribution < -0.4 is 9.47 Å². The van der Waals surface area contributed by atoms with Crippen molar-refractivity contribution in [1.29, 1.82) is 0 Å². The second-order valence-corrected chi connectivity index (χ2v) is 5.92. The fraction of sp³-hybridized carbons (Fsp3) is 0.0952. The van der Waals surface area contributed by atoms with Crippen molar-refractivity contribution in [2.45, 2.75) is 6.61 Å². The lowest BCUT2D eigenvalue weighted by Crippen LogP contribution is -2.01. The number of hydrogen-bond acceptors (Lipinski definition) is 5. The van der Waals surface area contributed by atoms with Crippen molar-refractivity contribution in [2.75, 3.05) is 7.11 Å². The van der Waals surface area contributed by atoms with E-state index in [0.29, 0.717) is 17.1 Å². The first-order valence-electron chi connectivity index (χ1n) is 8.45.